The highest BCUT2D eigenvalue weighted by Gasteiger charge is 2.05. The van der Waals surface area contributed by atoms with Crippen LogP contribution >= 0.6 is 0 Å². The van der Waals surface area contributed by atoms with Crippen molar-refractivity contribution >= 4 is 11.8 Å². The van der Waals surface area contributed by atoms with Gasteiger partial charge in [0.15, 0.2) is 0 Å². The zero-order valence-electron chi connectivity index (χ0n) is 11.3. The third-order valence-electron chi connectivity index (χ3n) is 1.94. The molecule has 0 rings (SSSR count). The van der Waals surface area contributed by atoms with E-state index in [1.165, 1.54) is 6.08 Å². The first-order valence-corrected chi connectivity index (χ1v) is 5.80. The number of halogens is 1. The number of rotatable bonds is 6. The summed E-state index contributed by atoms with van der Waals surface area (Å²) in [5, 5.41) is 3.78. The highest BCUT2D eigenvalue weighted by molar-refractivity contribution is 5.85. The van der Waals surface area contributed by atoms with E-state index >= 15 is 0 Å². The van der Waals surface area contributed by atoms with Gasteiger partial charge in [-0.1, -0.05) is 18.7 Å². The molecule has 19 heavy (non-hydrogen) atoms. The fourth-order valence-corrected chi connectivity index (χ4v) is 1.07. The first kappa shape index (κ1) is 16.7. The summed E-state index contributed by atoms with van der Waals surface area (Å²) < 4.78 is 13.6. The first-order chi connectivity index (χ1) is 9.04. The van der Waals surface area contributed by atoms with Gasteiger partial charge in [-0.25, -0.2) is 9.82 Å². The van der Waals surface area contributed by atoms with Gasteiger partial charge < -0.3 is 11.5 Å². The zero-order chi connectivity index (χ0) is 14.7. The van der Waals surface area contributed by atoms with E-state index in [-0.39, 0.29) is 23.8 Å². The molecular formula is C13H20FN5. The third kappa shape index (κ3) is 7.57. The molecule has 5 nitrogen and oxygen atoms in total. The van der Waals surface area contributed by atoms with Gasteiger partial charge in [0.1, 0.15) is 11.7 Å². The number of nitrogens with two attached hydrogens (primary N) is 2. The number of aliphatic imine (C=N–C) groups is 1. The fourth-order valence-electron chi connectivity index (χ4n) is 1.07. The molecule has 0 atom stereocenters. The summed E-state index contributed by atoms with van der Waals surface area (Å²) in [7, 11) is 0. The van der Waals surface area contributed by atoms with Crippen LogP contribution in [-0.2, 0) is 0 Å². The normalized spacial score (nSPS) is 13.5. The molecule has 104 valence electrons. The maximum Gasteiger partial charge on any atom is 0.209 e. The van der Waals surface area contributed by atoms with Crippen molar-refractivity contribution in [3.63, 3.8) is 0 Å². The molecular weight excluding hydrogens is 245 g/mol. The van der Waals surface area contributed by atoms with Crippen molar-refractivity contribution in [1.82, 2.24) is 5.43 Å². The maximum atomic E-state index is 13.6. The van der Waals surface area contributed by atoms with Gasteiger partial charge in [0.25, 0.3) is 0 Å². The molecule has 5 N–H and O–H groups in total. The largest absolute Gasteiger partial charge is 0.385 e. The molecule has 0 aromatic heterocycles. The van der Waals surface area contributed by atoms with Crippen LogP contribution in [0.3, 0.4) is 0 Å². The van der Waals surface area contributed by atoms with E-state index in [1.54, 1.807) is 19.1 Å². The highest BCUT2D eigenvalue weighted by Crippen LogP contribution is 2.14. The minimum atomic E-state index is -0.457. The number of hydrazone groups is 1. The van der Waals surface area contributed by atoms with Crippen LogP contribution in [0, 0.1) is 0 Å². The second kappa shape index (κ2) is 9.67. The average Bonchev–Trinajstić information content (AvgIpc) is 2.40. The molecule has 0 amide bonds. The van der Waals surface area contributed by atoms with Crippen LogP contribution in [0.25, 0.3) is 0 Å². The summed E-state index contributed by atoms with van der Waals surface area (Å²) >= 11 is 0. The minimum absolute atomic E-state index is 0.0792. The standard InChI is InChI=1S/C13H20FN5/c1-4-7-8-11(14)10(5-2)9-12(15)18-19-13(16)17-6-3/h4,7-8H,2,6,9H2,1,3H3,(H2,15,18)(H3,16,17,19)/b7-4-,11-8+. The Labute approximate surface area is 113 Å². The van der Waals surface area contributed by atoms with Gasteiger partial charge in [0, 0.05) is 18.5 Å². The predicted molar refractivity (Wildman–Crippen MR) is 78.2 cm³/mol. The van der Waals surface area contributed by atoms with E-state index in [9.17, 15) is 4.39 Å². The quantitative estimate of drug-likeness (QED) is 0.224. The van der Waals surface area contributed by atoms with Crippen molar-refractivity contribution in [3.05, 3.63) is 41.9 Å². The predicted octanol–water partition coefficient (Wildman–Crippen LogP) is 1.71. The van der Waals surface area contributed by atoms with E-state index in [0.717, 1.165) is 0 Å². The van der Waals surface area contributed by atoms with E-state index < -0.39 is 5.83 Å². The number of allylic oxidation sites excluding steroid dienone is 4. The van der Waals surface area contributed by atoms with Crippen molar-refractivity contribution in [1.29, 1.82) is 0 Å². The summed E-state index contributed by atoms with van der Waals surface area (Å²) in [6.07, 6.45) is 4.67. The lowest BCUT2D eigenvalue weighted by Gasteiger charge is -2.03. The second-order valence-electron chi connectivity index (χ2n) is 3.45. The van der Waals surface area contributed by atoms with Crippen LogP contribution in [0.15, 0.2) is 52.0 Å². The molecule has 0 radical (unpaired) electrons. The lowest BCUT2D eigenvalue weighted by Crippen LogP contribution is -2.30. The molecule has 0 spiro atoms. The summed E-state index contributed by atoms with van der Waals surface area (Å²) in [6.45, 7) is 7.58. The first-order valence-electron chi connectivity index (χ1n) is 5.80. The lowest BCUT2D eigenvalue weighted by molar-refractivity contribution is 0.648. The zero-order valence-corrected chi connectivity index (χ0v) is 11.3. The van der Waals surface area contributed by atoms with Gasteiger partial charge in [-0.15, -0.1) is 5.73 Å². The van der Waals surface area contributed by atoms with E-state index in [4.69, 9.17) is 11.5 Å². The molecule has 6 heteroatoms. The molecule has 0 saturated heterocycles. The molecule has 0 unspecified atom stereocenters. The van der Waals surface area contributed by atoms with Gasteiger partial charge in [-0.3, -0.25) is 4.99 Å². The molecule has 0 aliphatic carbocycles. The van der Waals surface area contributed by atoms with Crippen molar-refractivity contribution in [2.75, 3.05) is 6.54 Å². The number of hydrogen-bond acceptors (Lipinski definition) is 2. The van der Waals surface area contributed by atoms with Gasteiger partial charge in [0.2, 0.25) is 5.96 Å². The van der Waals surface area contributed by atoms with E-state index in [1.807, 2.05) is 6.92 Å². The highest BCUT2D eigenvalue weighted by atomic mass is 19.1. The van der Waals surface area contributed by atoms with Crippen molar-refractivity contribution in [2.24, 2.45) is 21.6 Å². The Kier molecular flexibility index (Phi) is 8.49. The Morgan fingerprint density at radius 2 is 2.16 bits per heavy atom. The van der Waals surface area contributed by atoms with Crippen LogP contribution in [0.1, 0.15) is 20.3 Å². The van der Waals surface area contributed by atoms with E-state index in [0.29, 0.717) is 6.54 Å². The molecule has 0 aliphatic heterocycles. The van der Waals surface area contributed by atoms with Gasteiger partial charge in [-0.05, 0) is 19.9 Å². The number of amidine groups is 1. The molecule has 0 fully saturated rings. The average molecular weight is 265 g/mol. The topological polar surface area (TPSA) is 88.8 Å². The molecule has 0 saturated carbocycles. The second-order valence-corrected chi connectivity index (χ2v) is 3.45. The van der Waals surface area contributed by atoms with Crippen molar-refractivity contribution in [2.45, 2.75) is 20.3 Å². The number of hydrogen-bond donors (Lipinski definition) is 3. The van der Waals surface area contributed by atoms with E-state index in [2.05, 4.69) is 27.8 Å². The SMILES string of the molecule is C=C=C(C/C(N)=N/N/C(N)=N\CC)/C(F)=C\C=C/C. The van der Waals surface area contributed by atoms with Gasteiger partial charge >= 0.3 is 0 Å². The summed E-state index contributed by atoms with van der Waals surface area (Å²) in [5.74, 6) is -0.148. The smallest absolute Gasteiger partial charge is 0.209 e. The lowest BCUT2D eigenvalue weighted by atomic mass is 10.1. The molecule has 0 aromatic carbocycles. The molecule has 0 heterocycles. The fraction of sp³-hybridized carbons (Fsp3) is 0.308. The number of nitrogens with zero attached hydrogens (tertiary/aromatic N) is 2. The van der Waals surface area contributed by atoms with Crippen molar-refractivity contribution in [3.8, 4) is 0 Å². The Bertz CT molecular complexity index is 454. The van der Waals surface area contributed by atoms with Crippen LogP contribution in [0.2, 0.25) is 0 Å². The van der Waals surface area contributed by atoms with Crippen molar-refractivity contribution < 1.29 is 4.39 Å². The number of guanidine groups is 1. The molecule has 0 aromatic rings. The molecule has 0 aliphatic rings. The molecule has 0 bridgehead atoms. The van der Waals surface area contributed by atoms with Crippen LogP contribution in [0.4, 0.5) is 4.39 Å². The Morgan fingerprint density at radius 1 is 1.47 bits per heavy atom. The summed E-state index contributed by atoms with van der Waals surface area (Å²) in [4.78, 5) is 3.86. The van der Waals surface area contributed by atoms with Crippen LogP contribution in [0.5, 0.6) is 0 Å². The Hall–Kier alpha value is -2.33. The van der Waals surface area contributed by atoms with Gasteiger partial charge in [-0.2, -0.15) is 5.10 Å². The Morgan fingerprint density at radius 3 is 2.68 bits per heavy atom. The monoisotopic (exact) mass is 265 g/mol. The maximum absolute atomic E-state index is 13.6. The van der Waals surface area contributed by atoms with Crippen LogP contribution in [-0.4, -0.2) is 18.3 Å². The third-order valence-corrected chi connectivity index (χ3v) is 1.94. The minimum Gasteiger partial charge on any atom is -0.385 e. The van der Waals surface area contributed by atoms with Gasteiger partial charge in [0.05, 0.1) is 0 Å². The van der Waals surface area contributed by atoms with Crippen LogP contribution < -0.4 is 16.9 Å². The summed E-state index contributed by atoms with van der Waals surface area (Å²) in [5.41, 5.74) is 16.3. The Balaban J connectivity index is 4.69. The number of nitrogens with one attached hydrogen (secondary N) is 1. The summed E-state index contributed by atoms with van der Waals surface area (Å²) in [6, 6.07) is 0.